The van der Waals surface area contributed by atoms with Gasteiger partial charge in [-0.15, -0.1) is 0 Å². The van der Waals surface area contributed by atoms with Gasteiger partial charge in [-0.05, 0) is 76.3 Å². The zero-order valence-electron chi connectivity index (χ0n) is 22.3. The van der Waals surface area contributed by atoms with Gasteiger partial charge in [0.05, 0.1) is 5.52 Å². The normalized spacial score (nSPS) is 17.9. The van der Waals surface area contributed by atoms with Gasteiger partial charge < -0.3 is 19.9 Å². The van der Waals surface area contributed by atoms with E-state index in [0.717, 1.165) is 48.2 Å². The fourth-order valence-corrected chi connectivity index (χ4v) is 4.93. The summed E-state index contributed by atoms with van der Waals surface area (Å²) in [7, 11) is 4.07. The molecule has 0 saturated carbocycles. The molecule has 2 heterocycles. The molecule has 4 rings (SSSR count). The van der Waals surface area contributed by atoms with E-state index in [9.17, 15) is 9.59 Å². The number of likely N-dealkylation sites (N-methyl/N-ethyl adjacent to an activating group) is 1. The van der Waals surface area contributed by atoms with Crippen molar-refractivity contribution in [2.45, 2.75) is 32.4 Å². The predicted octanol–water partition coefficient (Wildman–Crippen LogP) is 3.00. The summed E-state index contributed by atoms with van der Waals surface area (Å²) >= 11 is 0. The van der Waals surface area contributed by atoms with Crippen LogP contribution in [0.1, 0.15) is 34.5 Å². The van der Waals surface area contributed by atoms with E-state index in [0.29, 0.717) is 24.5 Å². The summed E-state index contributed by atoms with van der Waals surface area (Å²) < 4.78 is 6.04. The van der Waals surface area contributed by atoms with Gasteiger partial charge in [-0.3, -0.25) is 19.8 Å². The molecule has 1 aromatic heterocycles. The first-order valence-electron chi connectivity index (χ1n) is 13.0. The molecular formula is C29H37N5O4. The highest BCUT2D eigenvalue weighted by Gasteiger charge is 2.32. The second kappa shape index (κ2) is 12.8. The summed E-state index contributed by atoms with van der Waals surface area (Å²) in [6, 6.07) is 16.9. The van der Waals surface area contributed by atoms with Crippen LogP contribution in [0.3, 0.4) is 0 Å². The molecule has 2 aromatic carbocycles. The number of hydroxylamine groups is 1. The van der Waals surface area contributed by atoms with E-state index in [1.807, 2.05) is 51.4 Å². The Morgan fingerprint density at radius 1 is 1.16 bits per heavy atom. The lowest BCUT2D eigenvalue weighted by Gasteiger charge is -2.39. The lowest BCUT2D eigenvalue weighted by molar-refractivity contribution is -0.130. The number of hydrogen-bond donors (Lipinski definition) is 3. The largest absolute Gasteiger partial charge is 0.489 e. The van der Waals surface area contributed by atoms with Crippen molar-refractivity contribution in [3.63, 3.8) is 0 Å². The van der Waals surface area contributed by atoms with Crippen LogP contribution >= 0.6 is 0 Å². The van der Waals surface area contributed by atoms with Gasteiger partial charge in [0, 0.05) is 54.3 Å². The van der Waals surface area contributed by atoms with E-state index in [2.05, 4.69) is 20.1 Å². The molecule has 0 unspecified atom stereocenters. The van der Waals surface area contributed by atoms with Gasteiger partial charge >= 0.3 is 0 Å². The van der Waals surface area contributed by atoms with Crippen LogP contribution in [-0.4, -0.2) is 78.1 Å². The number of benzene rings is 2. The lowest BCUT2D eigenvalue weighted by atomic mass is 9.88. The molecule has 0 aliphatic carbocycles. The number of pyridine rings is 1. The summed E-state index contributed by atoms with van der Waals surface area (Å²) in [5.74, 6) is -0.0103. The summed E-state index contributed by atoms with van der Waals surface area (Å²) in [6.07, 6.45) is 0.931. The number of aromatic nitrogens is 1. The minimum absolute atomic E-state index is 0.0528. The van der Waals surface area contributed by atoms with E-state index >= 15 is 0 Å². The van der Waals surface area contributed by atoms with Crippen LogP contribution in [0.25, 0.3) is 10.9 Å². The Kier molecular flexibility index (Phi) is 9.28. The fourth-order valence-electron chi connectivity index (χ4n) is 4.93. The maximum Gasteiger partial charge on any atom is 0.251 e. The van der Waals surface area contributed by atoms with Crippen molar-refractivity contribution < 1.29 is 19.5 Å². The number of carbonyl (C=O) groups excluding carboxylic acids is 2. The highest BCUT2D eigenvalue weighted by Crippen LogP contribution is 2.23. The van der Waals surface area contributed by atoms with Crippen molar-refractivity contribution in [2.75, 3.05) is 40.3 Å². The van der Waals surface area contributed by atoms with Crippen LogP contribution in [0.4, 0.5) is 0 Å². The number of nitrogens with one attached hydrogen (secondary N) is 2. The number of ether oxygens (including phenoxy) is 1. The number of likely N-dealkylation sites (tertiary alicyclic amines) is 1. The van der Waals surface area contributed by atoms with E-state index in [1.165, 1.54) is 0 Å². The zero-order chi connectivity index (χ0) is 27.1. The van der Waals surface area contributed by atoms with Crippen molar-refractivity contribution in [3.05, 3.63) is 71.4 Å². The summed E-state index contributed by atoms with van der Waals surface area (Å²) in [6.45, 7) is 5.67. The number of amides is 2. The Labute approximate surface area is 223 Å². The molecule has 38 heavy (non-hydrogen) atoms. The highest BCUT2D eigenvalue weighted by atomic mass is 16.5. The third-order valence-electron chi connectivity index (χ3n) is 7.03. The average Bonchev–Trinajstić information content (AvgIpc) is 2.91. The van der Waals surface area contributed by atoms with Crippen LogP contribution in [0, 0.1) is 12.8 Å². The van der Waals surface area contributed by atoms with Crippen LogP contribution in [0.2, 0.25) is 0 Å². The topological polar surface area (TPSA) is 107 Å². The number of rotatable bonds is 10. The van der Waals surface area contributed by atoms with Crippen LogP contribution in [0.15, 0.2) is 54.6 Å². The molecule has 202 valence electrons. The second-order valence-electron chi connectivity index (χ2n) is 10.2. The van der Waals surface area contributed by atoms with E-state index in [4.69, 9.17) is 9.94 Å². The first kappa shape index (κ1) is 27.5. The Morgan fingerprint density at radius 3 is 2.66 bits per heavy atom. The molecule has 3 N–H and O–H groups in total. The first-order chi connectivity index (χ1) is 18.3. The number of para-hydroxylation sites is 1. The Hall–Kier alpha value is -3.53. The summed E-state index contributed by atoms with van der Waals surface area (Å²) in [5, 5.41) is 13.2. The van der Waals surface area contributed by atoms with Crippen LogP contribution in [0.5, 0.6) is 5.75 Å². The molecule has 0 spiro atoms. The molecule has 3 aromatic rings. The third-order valence-corrected chi connectivity index (χ3v) is 7.03. The second-order valence-corrected chi connectivity index (χ2v) is 10.2. The molecule has 2 atom stereocenters. The zero-order valence-corrected chi connectivity index (χ0v) is 22.3. The number of nitrogens with zero attached hydrogens (tertiary/aromatic N) is 3. The van der Waals surface area contributed by atoms with Crippen molar-refractivity contribution in [1.82, 2.24) is 25.6 Å². The highest BCUT2D eigenvalue weighted by molar-refractivity contribution is 5.94. The van der Waals surface area contributed by atoms with E-state index < -0.39 is 5.91 Å². The van der Waals surface area contributed by atoms with Gasteiger partial charge in [0.2, 0.25) is 5.91 Å². The van der Waals surface area contributed by atoms with Crippen LogP contribution < -0.4 is 15.5 Å². The number of carbonyl (C=O) groups is 2. The van der Waals surface area contributed by atoms with Crippen molar-refractivity contribution in [3.8, 4) is 5.75 Å². The SMILES string of the molecule is Cc1cc(COc2ccc(C(=O)N[C@@H]3CN(CCN(C)C)CC[C@H]3CC(=O)NO)cc2)c2ccccc2n1. The minimum atomic E-state index is -0.435. The quantitative estimate of drug-likeness (QED) is 0.279. The Balaban J connectivity index is 1.39. The van der Waals surface area contributed by atoms with Crippen molar-refractivity contribution >= 4 is 22.7 Å². The van der Waals surface area contributed by atoms with Crippen LogP contribution in [-0.2, 0) is 11.4 Å². The smallest absolute Gasteiger partial charge is 0.251 e. The number of fused-ring (bicyclic) bond motifs is 1. The lowest BCUT2D eigenvalue weighted by Crippen LogP contribution is -2.54. The van der Waals surface area contributed by atoms with Gasteiger partial charge in [0.25, 0.3) is 5.91 Å². The molecule has 0 radical (unpaired) electrons. The summed E-state index contributed by atoms with van der Waals surface area (Å²) in [5.41, 5.74) is 5.19. The predicted molar refractivity (Wildman–Crippen MR) is 146 cm³/mol. The molecule has 1 aliphatic rings. The molecule has 9 heteroatoms. The number of piperidine rings is 1. The first-order valence-corrected chi connectivity index (χ1v) is 13.0. The Morgan fingerprint density at radius 2 is 1.92 bits per heavy atom. The summed E-state index contributed by atoms with van der Waals surface area (Å²) in [4.78, 5) is 34.0. The van der Waals surface area contributed by atoms with Crippen molar-refractivity contribution in [2.24, 2.45) is 5.92 Å². The molecular weight excluding hydrogens is 482 g/mol. The molecule has 2 amide bonds. The standard InChI is InChI=1S/C29H37N5O4/c1-20-16-23(25-6-4-5-7-26(25)30-20)19-38-24-10-8-21(9-11-24)29(36)31-27-18-34(15-14-33(2)3)13-12-22(27)17-28(35)32-37/h4-11,16,22,27,37H,12-15,17-19H2,1-3H3,(H,31,36)(H,32,35)/t22-,27+/m0/s1. The molecule has 1 aliphatic heterocycles. The fraction of sp³-hybridized carbons (Fsp3) is 0.414. The number of aryl methyl sites for hydroxylation is 1. The molecule has 0 bridgehead atoms. The monoisotopic (exact) mass is 519 g/mol. The van der Waals surface area contributed by atoms with Gasteiger partial charge in [0.15, 0.2) is 0 Å². The maximum atomic E-state index is 13.1. The average molecular weight is 520 g/mol. The van der Waals surface area contributed by atoms with E-state index in [1.54, 1.807) is 29.7 Å². The van der Waals surface area contributed by atoms with E-state index in [-0.39, 0.29) is 24.3 Å². The number of hydrogen-bond acceptors (Lipinski definition) is 7. The third kappa shape index (κ3) is 7.28. The van der Waals surface area contributed by atoms with Gasteiger partial charge in [0.1, 0.15) is 12.4 Å². The molecule has 1 saturated heterocycles. The molecule has 9 nitrogen and oxygen atoms in total. The van der Waals surface area contributed by atoms with Gasteiger partial charge in [-0.25, -0.2) is 5.48 Å². The van der Waals surface area contributed by atoms with Gasteiger partial charge in [-0.1, -0.05) is 18.2 Å². The maximum absolute atomic E-state index is 13.1. The van der Waals surface area contributed by atoms with Crippen molar-refractivity contribution in [1.29, 1.82) is 0 Å². The minimum Gasteiger partial charge on any atom is -0.489 e. The van der Waals surface area contributed by atoms with Gasteiger partial charge in [-0.2, -0.15) is 0 Å². The molecule has 1 fully saturated rings. The Bertz CT molecular complexity index is 1250.